The van der Waals surface area contributed by atoms with Gasteiger partial charge < -0.3 is 11.1 Å². The second kappa shape index (κ2) is 4.89. The molecular formula is C13H23N3. The standard InChI is InChI=1S/C13H23N3/c1-9(2)7-15-13(14)16-8-12-6-10-3-4-11(12)5-10/h10-12H,1,3-8H2,2H3,(H3,14,15,16). The molecule has 0 aromatic rings. The van der Waals surface area contributed by atoms with E-state index in [0.717, 1.165) is 29.9 Å². The third kappa shape index (κ3) is 2.77. The third-order valence-electron chi connectivity index (χ3n) is 3.95. The van der Waals surface area contributed by atoms with Crippen LogP contribution in [0.15, 0.2) is 17.1 Å². The molecule has 2 fully saturated rings. The lowest BCUT2D eigenvalue weighted by atomic mass is 9.89. The largest absolute Gasteiger partial charge is 0.370 e. The molecule has 0 spiro atoms. The molecule has 0 radical (unpaired) electrons. The quantitative estimate of drug-likeness (QED) is 0.433. The topological polar surface area (TPSA) is 50.4 Å². The maximum absolute atomic E-state index is 5.80. The lowest BCUT2D eigenvalue weighted by molar-refractivity contribution is 0.332. The van der Waals surface area contributed by atoms with E-state index in [4.69, 9.17) is 5.73 Å². The van der Waals surface area contributed by atoms with Crippen LogP contribution in [0.3, 0.4) is 0 Å². The van der Waals surface area contributed by atoms with E-state index < -0.39 is 0 Å². The number of guanidine groups is 1. The summed E-state index contributed by atoms with van der Waals surface area (Å²) in [4.78, 5) is 4.23. The number of nitrogens with zero attached hydrogens (tertiary/aromatic N) is 1. The minimum absolute atomic E-state index is 0.575. The second-order valence-corrected chi connectivity index (χ2v) is 5.47. The molecule has 2 saturated carbocycles. The van der Waals surface area contributed by atoms with Crippen LogP contribution in [-0.2, 0) is 0 Å². The molecule has 3 N–H and O–H groups in total. The van der Waals surface area contributed by atoms with E-state index in [1.54, 1.807) is 0 Å². The maximum Gasteiger partial charge on any atom is 0.188 e. The Balaban J connectivity index is 1.71. The van der Waals surface area contributed by atoms with Gasteiger partial charge in [0, 0.05) is 6.54 Å². The highest BCUT2D eigenvalue weighted by Gasteiger charge is 2.39. The summed E-state index contributed by atoms with van der Waals surface area (Å²) >= 11 is 0. The van der Waals surface area contributed by atoms with Crippen LogP contribution in [0.25, 0.3) is 0 Å². The molecule has 0 amide bonds. The fourth-order valence-corrected chi connectivity index (χ4v) is 3.14. The summed E-state index contributed by atoms with van der Waals surface area (Å²) < 4.78 is 0. The first kappa shape index (κ1) is 11.5. The number of rotatable bonds is 4. The molecule has 2 aliphatic carbocycles. The van der Waals surface area contributed by atoms with Crippen molar-refractivity contribution in [3.05, 3.63) is 12.2 Å². The predicted molar refractivity (Wildman–Crippen MR) is 68.2 cm³/mol. The van der Waals surface area contributed by atoms with Crippen molar-refractivity contribution in [1.29, 1.82) is 0 Å². The Morgan fingerprint density at radius 1 is 1.44 bits per heavy atom. The summed E-state index contributed by atoms with van der Waals surface area (Å²) in [5, 5.41) is 3.25. The average Bonchev–Trinajstić information content (AvgIpc) is 2.84. The minimum Gasteiger partial charge on any atom is -0.370 e. The lowest BCUT2D eigenvalue weighted by Crippen LogP contribution is -2.37. The molecule has 0 aromatic heterocycles. The van der Waals surface area contributed by atoms with Crippen molar-refractivity contribution in [2.24, 2.45) is 28.5 Å². The van der Waals surface area contributed by atoms with Crippen LogP contribution in [0.4, 0.5) is 0 Å². The zero-order chi connectivity index (χ0) is 11.5. The van der Waals surface area contributed by atoms with Crippen LogP contribution in [0.5, 0.6) is 0 Å². The molecule has 0 aromatic carbocycles. The van der Waals surface area contributed by atoms with Crippen molar-refractivity contribution in [3.63, 3.8) is 0 Å². The van der Waals surface area contributed by atoms with Gasteiger partial charge in [0.2, 0.25) is 0 Å². The van der Waals surface area contributed by atoms with Crippen molar-refractivity contribution in [2.75, 3.05) is 13.1 Å². The minimum atomic E-state index is 0.575. The first-order valence-electron chi connectivity index (χ1n) is 6.33. The number of hydrogen-bond donors (Lipinski definition) is 2. The zero-order valence-corrected chi connectivity index (χ0v) is 10.2. The van der Waals surface area contributed by atoms with E-state index in [1.807, 2.05) is 6.92 Å². The first-order chi connectivity index (χ1) is 7.65. The summed E-state index contributed by atoms with van der Waals surface area (Å²) in [6, 6.07) is 0. The van der Waals surface area contributed by atoms with E-state index in [1.165, 1.54) is 25.7 Å². The van der Waals surface area contributed by atoms with Crippen molar-refractivity contribution < 1.29 is 0 Å². The SMILES string of the molecule is C=C(C)CN=C(N)NCC1CC2CCC1C2. The third-order valence-corrected chi connectivity index (χ3v) is 3.95. The van der Waals surface area contributed by atoms with Gasteiger partial charge in [-0.2, -0.15) is 0 Å². The number of nitrogens with two attached hydrogens (primary N) is 1. The molecule has 2 rings (SSSR count). The number of nitrogens with one attached hydrogen (secondary N) is 1. The fraction of sp³-hybridized carbons (Fsp3) is 0.769. The Morgan fingerprint density at radius 3 is 2.81 bits per heavy atom. The first-order valence-corrected chi connectivity index (χ1v) is 6.33. The normalized spacial score (nSPS) is 33.1. The van der Waals surface area contributed by atoms with Gasteiger partial charge in [0.25, 0.3) is 0 Å². The number of hydrogen-bond acceptors (Lipinski definition) is 1. The van der Waals surface area contributed by atoms with E-state index >= 15 is 0 Å². The van der Waals surface area contributed by atoms with E-state index in [9.17, 15) is 0 Å². The molecule has 2 bridgehead atoms. The Hall–Kier alpha value is -0.990. The van der Waals surface area contributed by atoms with Crippen LogP contribution in [0, 0.1) is 17.8 Å². The lowest BCUT2D eigenvalue weighted by Gasteiger charge is -2.22. The Morgan fingerprint density at radius 2 is 2.25 bits per heavy atom. The van der Waals surface area contributed by atoms with Crippen molar-refractivity contribution in [3.8, 4) is 0 Å². The molecule has 3 heteroatoms. The van der Waals surface area contributed by atoms with Gasteiger partial charge in [-0.25, -0.2) is 4.99 Å². The van der Waals surface area contributed by atoms with E-state index in [-0.39, 0.29) is 0 Å². The molecule has 0 saturated heterocycles. The summed E-state index contributed by atoms with van der Waals surface area (Å²) in [7, 11) is 0. The molecule has 16 heavy (non-hydrogen) atoms. The zero-order valence-electron chi connectivity index (χ0n) is 10.2. The monoisotopic (exact) mass is 221 g/mol. The van der Waals surface area contributed by atoms with Gasteiger partial charge in [0.05, 0.1) is 6.54 Å². The van der Waals surface area contributed by atoms with Crippen molar-refractivity contribution >= 4 is 5.96 Å². The molecule has 0 heterocycles. The van der Waals surface area contributed by atoms with Crippen molar-refractivity contribution in [2.45, 2.75) is 32.6 Å². The van der Waals surface area contributed by atoms with Gasteiger partial charge in [0.15, 0.2) is 5.96 Å². The van der Waals surface area contributed by atoms with Crippen LogP contribution in [0.1, 0.15) is 32.6 Å². The fourth-order valence-electron chi connectivity index (χ4n) is 3.14. The molecule has 0 aliphatic heterocycles. The average molecular weight is 221 g/mol. The highest BCUT2D eigenvalue weighted by atomic mass is 15.1. The van der Waals surface area contributed by atoms with Crippen LogP contribution < -0.4 is 11.1 Å². The van der Waals surface area contributed by atoms with E-state index in [0.29, 0.717) is 12.5 Å². The molecule has 3 nitrogen and oxygen atoms in total. The van der Waals surface area contributed by atoms with E-state index in [2.05, 4.69) is 16.9 Å². The highest BCUT2D eigenvalue weighted by Crippen LogP contribution is 2.47. The van der Waals surface area contributed by atoms with Gasteiger partial charge in [-0.1, -0.05) is 18.6 Å². The Labute approximate surface area is 98.2 Å². The Bertz CT molecular complexity index is 296. The van der Waals surface area contributed by atoms with Gasteiger partial charge in [0.1, 0.15) is 0 Å². The van der Waals surface area contributed by atoms with Gasteiger partial charge in [-0.05, 0) is 43.9 Å². The molecule has 2 aliphatic rings. The Kier molecular flexibility index (Phi) is 3.52. The number of aliphatic imine (C=N–C) groups is 1. The van der Waals surface area contributed by atoms with Crippen LogP contribution >= 0.6 is 0 Å². The van der Waals surface area contributed by atoms with Gasteiger partial charge >= 0.3 is 0 Å². The predicted octanol–water partition coefficient (Wildman–Crippen LogP) is 1.90. The smallest absolute Gasteiger partial charge is 0.188 e. The van der Waals surface area contributed by atoms with Gasteiger partial charge in [-0.3, -0.25) is 0 Å². The van der Waals surface area contributed by atoms with Crippen LogP contribution in [-0.4, -0.2) is 19.0 Å². The molecule has 3 atom stereocenters. The molecule has 90 valence electrons. The van der Waals surface area contributed by atoms with Crippen molar-refractivity contribution in [1.82, 2.24) is 5.32 Å². The molecular weight excluding hydrogens is 198 g/mol. The highest BCUT2D eigenvalue weighted by molar-refractivity contribution is 5.77. The summed E-state index contributed by atoms with van der Waals surface area (Å²) in [5.41, 5.74) is 6.84. The summed E-state index contributed by atoms with van der Waals surface area (Å²) in [6.07, 6.45) is 5.74. The van der Waals surface area contributed by atoms with Crippen LogP contribution in [0.2, 0.25) is 0 Å². The molecule has 3 unspecified atom stereocenters. The van der Waals surface area contributed by atoms with Gasteiger partial charge in [-0.15, -0.1) is 0 Å². The summed E-state index contributed by atoms with van der Waals surface area (Å²) in [5.74, 6) is 3.36. The maximum atomic E-state index is 5.80. The second-order valence-electron chi connectivity index (χ2n) is 5.47. The number of fused-ring (bicyclic) bond motifs is 2. The summed E-state index contributed by atoms with van der Waals surface area (Å²) in [6.45, 7) is 7.41.